The monoisotopic (exact) mass is 269 g/mol. The molecule has 3 heteroatoms. The molecule has 0 saturated carbocycles. The summed E-state index contributed by atoms with van der Waals surface area (Å²) in [6.45, 7) is 8.66. The minimum absolute atomic E-state index is 0.243. The summed E-state index contributed by atoms with van der Waals surface area (Å²) in [5.74, 6) is 0.582. The number of rotatable bonds is 3. The van der Waals surface area contributed by atoms with Gasteiger partial charge in [0, 0.05) is 25.2 Å². The van der Waals surface area contributed by atoms with Crippen molar-refractivity contribution in [2.24, 2.45) is 0 Å². The molecule has 20 heavy (non-hydrogen) atoms. The lowest BCUT2D eigenvalue weighted by atomic mass is 9.95. The zero-order valence-electron chi connectivity index (χ0n) is 12.6. The van der Waals surface area contributed by atoms with Crippen LogP contribution in [0.15, 0.2) is 30.6 Å². The molecule has 1 atom stereocenters. The number of hydrogen-bond acceptors (Lipinski definition) is 2. The normalized spacial score (nSPS) is 18.3. The molecule has 0 aliphatic carbocycles. The molecule has 1 unspecified atom stereocenters. The highest BCUT2D eigenvalue weighted by Crippen LogP contribution is 2.28. The number of imidazole rings is 1. The van der Waals surface area contributed by atoms with Gasteiger partial charge in [-0.15, -0.1) is 0 Å². The molecule has 1 N–H and O–H groups in total. The summed E-state index contributed by atoms with van der Waals surface area (Å²) >= 11 is 0. The molecule has 3 nitrogen and oxygen atoms in total. The lowest BCUT2D eigenvalue weighted by Crippen LogP contribution is -2.31. The number of nitrogens with one attached hydrogen (secondary N) is 1. The predicted molar refractivity (Wildman–Crippen MR) is 82.0 cm³/mol. The smallest absolute Gasteiger partial charge is 0.0952 e. The van der Waals surface area contributed by atoms with Crippen molar-refractivity contribution < 1.29 is 0 Å². The average Bonchev–Trinajstić information content (AvgIpc) is 2.90. The van der Waals surface area contributed by atoms with E-state index in [4.69, 9.17) is 0 Å². The zero-order chi connectivity index (χ0) is 14.1. The van der Waals surface area contributed by atoms with Crippen molar-refractivity contribution in [3.8, 4) is 0 Å². The highest BCUT2D eigenvalue weighted by atomic mass is 15.1. The van der Waals surface area contributed by atoms with E-state index in [1.54, 1.807) is 0 Å². The van der Waals surface area contributed by atoms with Crippen molar-refractivity contribution in [1.82, 2.24) is 14.9 Å². The molecule has 2 aromatic rings. The molecule has 0 saturated heterocycles. The van der Waals surface area contributed by atoms with Crippen molar-refractivity contribution in [1.29, 1.82) is 0 Å². The quantitative estimate of drug-likeness (QED) is 0.927. The van der Waals surface area contributed by atoms with Crippen LogP contribution in [0.25, 0.3) is 0 Å². The van der Waals surface area contributed by atoms with Crippen molar-refractivity contribution in [2.75, 3.05) is 6.54 Å². The molecular weight excluding hydrogens is 246 g/mol. The summed E-state index contributed by atoms with van der Waals surface area (Å²) in [5, 5.41) is 3.60. The maximum absolute atomic E-state index is 4.64. The summed E-state index contributed by atoms with van der Waals surface area (Å²) in [6, 6.07) is 9.22. The van der Waals surface area contributed by atoms with Crippen molar-refractivity contribution in [3.63, 3.8) is 0 Å². The van der Waals surface area contributed by atoms with E-state index in [0.717, 1.165) is 19.5 Å². The Kier molecular flexibility index (Phi) is 3.62. The zero-order valence-corrected chi connectivity index (χ0v) is 12.6. The van der Waals surface area contributed by atoms with Crippen LogP contribution in [-0.4, -0.2) is 16.1 Å². The second kappa shape index (κ2) is 5.41. The molecule has 1 aliphatic rings. The summed E-state index contributed by atoms with van der Waals surface area (Å²) in [4.78, 5) is 4.64. The predicted octanol–water partition coefficient (Wildman–Crippen LogP) is 3.26. The third-order valence-electron chi connectivity index (χ3n) is 4.24. The van der Waals surface area contributed by atoms with Crippen LogP contribution >= 0.6 is 0 Å². The summed E-state index contributed by atoms with van der Waals surface area (Å²) < 4.78 is 2.27. The van der Waals surface area contributed by atoms with Crippen LogP contribution in [0.5, 0.6) is 0 Å². The third kappa shape index (κ3) is 2.27. The van der Waals surface area contributed by atoms with Gasteiger partial charge in [0.05, 0.1) is 18.1 Å². The first-order valence-electron chi connectivity index (χ1n) is 7.57. The molecule has 0 fully saturated rings. The van der Waals surface area contributed by atoms with Crippen LogP contribution in [0.4, 0.5) is 0 Å². The maximum Gasteiger partial charge on any atom is 0.0952 e. The van der Waals surface area contributed by atoms with E-state index in [9.17, 15) is 0 Å². The Morgan fingerprint density at radius 1 is 1.30 bits per heavy atom. The van der Waals surface area contributed by atoms with Gasteiger partial charge in [-0.1, -0.05) is 38.1 Å². The average molecular weight is 269 g/mol. The molecular formula is C17H23N3. The van der Waals surface area contributed by atoms with Gasteiger partial charge in [0.2, 0.25) is 0 Å². The van der Waals surface area contributed by atoms with E-state index >= 15 is 0 Å². The van der Waals surface area contributed by atoms with E-state index in [2.05, 4.69) is 59.9 Å². The summed E-state index contributed by atoms with van der Waals surface area (Å²) in [6.07, 6.45) is 3.05. The fraction of sp³-hybridized carbons (Fsp3) is 0.471. The maximum atomic E-state index is 4.64. The van der Waals surface area contributed by atoms with E-state index in [-0.39, 0.29) is 6.04 Å². The third-order valence-corrected chi connectivity index (χ3v) is 4.24. The van der Waals surface area contributed by atoms with Gasteiger partial charge in [-0.2, -0.15) is 0 Å². The molecule has 0 bridgehead atoms. The van der Waals surface area contributed by atoms with Crippen LogP contribution in [0.2, 0.25) is 0 Å². The van der Waals surface area contributed by atoms with Gasteiger partial charge in [0.1, 0.15) is 0 Å². The molecule has 1 aromatic heterocycles. The lowest BCUT2D eigenvalue weighted by molar-refractivity contribution is 0.538. The Balaban J connectivity index is 1.94. The first kappa shape index (κ1) is 13.4. The fourth-order valence-corrected chi connectivity index (χ4v) is 2.99. The topological polar surface area (TPSA) is 29.9 Å². The largest absolute Gasteiger partial charge is 0.334 e. The van der Waals surface area contributed by atoms with Crippen LogP contribution in [0, 0.1) is 0 Å². The van der Waals surface area contributed by atoms with Crippen molar-refractivity contribution in [3.05, 3.63) is 53.1 Å². The van der Waals surface area contributed by atoms with Gasteiger partial charge >= 0.3 is 0 Å². The Morgan fingerprint density at radius 3 is 2.70 bits per heavy atom. The summed E-state index contributed by atoms with van der Waals surface area (Å²) in [5.41, 5.74) is 5.31. The summed E-state index contributed by atoms with van der Waals surface area (Å²) in [7, 11) is 0. The SMILES string of the molecule is CCn1cnc2c1CCNC2c1ccc(C(C)C)cc1. The van der Waals surface area contributed by atoms with Crippen LogP contribution in [-0.2, 0) is 13.0 Å². The Bertz CT molecular complexity index is 581. The Morgan fingerprint density at radius 2 is 2.05 bits per heavy atom. The molecule has 1 aliphatic heterocycles. The number of fused-ring (bicyclic) bond motifs is 1. The Hall–Kier alpha value is -1.61. The number of aromatic nitrogens is 2. The molecule has 0 amide bonds. The number of hydrogen-bond donors (Lipinski definition) is 1. The van der Waals surface area contributed by atoms with Gasteiger partial charge in [-0.05, 0) is 24.0 Å². The lowest BCUT2D eigenvalue weighted by Gasteiger charge is -2.25. The van der Waals surface area contributed by atoms with Gasteiger partial charge in [0.15, 0.2) is 0 Å². The molecule has 2 heterocycles. The van der Waals surface area contributed by atoms with E-state index in [1.807, 2.05) is 6.33 Å². The minimum atomic E-state index is 0.243. The molecule has 3 rings (SSSR count). The van der Waals surface area contributed by atoms with Crippen LogP contribution < -0.4 is 5.32 Å². The van der Waals surface area contributed by atoms with Crippen LogP contribution in [0.3, 0.4) is 0 Å². The minimum Gasteiger partial charge on any atom is -0.334 e. The highest BCUT2D eigenvalue weighted by molar-refractivity contribution is 5.35. The van der Waals surface area contributed by atoms with E-state index in [0.29, 0.717) is 5.92 Å². The molecule has 1 aromatic carbocycles. The van der Waals surface area contributed by atoms with Gasteiger partial charge in [-0.25, -0.2) is 4.98 Å². The van der Waals surface area contributed by atoms with Crippen molar-refractivity contribution in [2.45, 2.75) is 45.7 Å². The number of nitrogens with zero attached hydrogens (tertiary/aromatic N) is 2. The first-order chi connectivity index (χ1) is 9.70. The fourth-order valence-electron chi connectivity index (χ4n) is 2.99. The molecule has 0 radical (unpaired) electrons. The van der Waals surface area contributed by atoms with Gasteiger partial charge in [0.25, 0.3) is 0 Å². The standard InChI is InChI=1S/C17H23N3/c1-4-20-11-19-17-15(20)9-10-18-16(17)14-7-5-13(6-8-14)12(2)3/h5-8,11-12,16,18H,4,9-10H2,1-3H3. The van der Waals surface area contributed by atoms with Gasteiger partial charge in [-0.3, -0.25) is 0 Å². The first-order valence-corrected chi connectivity index (χ1v) is 7.57. The van der Waals surface area contributed by atoms with Crippen LogP contribution in [0.1, 0.15) is 55.2 Å². The number of benzene rings is 1. The Labute approximate surface area is 121 Å². The van der Waals surface area contributed by atoms with E-state index in [1.165, 1.54) is 22.5 Å². The molecule has 106 valence electrons. The van der Waals surface area contributed by atoms with E-state index < -0.39 is 0 Å². The molecule has 0 spiro atoms. The second-order valence-corrected chi connectivity index (χ2v) is 5.82. The number of aryl methyl sites for hydroxylation is 1. The highest BCUT2D eigenvalue weighted by Gasteiger charge is 2.25. The van der Waals surface area contributed by atoms with Gasteiger partial charge < -0.3 is 9.88 Å². The van der Waals surface area contributed by atoms with Crippen molar-refractivity contribution >= 4 is 0 Å². The second-order valence-electron chi connectivity index (χ2n) is 5.82.